The zero-order chi connectivity index (χ0) is 11.7. The van der Waals surface area contributed by atoms with Gasteiger partial charge in [0.15, 0.2) is 5.89 Å². The van der Waals surface area contributed by atoms with Gasteiger partial charge >= 0.3 is 5.97 Å². The topological polar surface area (TPSA) is 63.3 Å². The third-order valence-corrected chi connectivity index (χ3v) is 3.16. The lowest BCUT2D eigenvalue weighted by atomic mass is 10.2. The number of nitrogens with zero attached hydrogens (tertiary/aromatic N) is 1. The van der Waals surface area contributed by atoms with Crippen molar-refractivity contribution in [1.29, 1.82) is 0 Å². The second kappa shape index (κ2) is 4.27. The zero-order valence-electron chi connectivity index (χ0n) is 8.36. The zero-order valence-corrected chi connectivity index (χ0v) is 9.93. The van der Waals surface area contributed by atoms with Crippen molar-refractivity contribution < 1.29 is 14.3 Å². The number of hydrogen-bond acceptors (Lipinski definition) is 4. The Morgan fingerprint density at radius 3 is 2.94 bits per heavy atom. The Hall–Kier alpha value is -1.33. The van der Waals surface area contributed by atoms with E-state index in [4.69, 9.17) is 21.1 Å². The van der Waals surface area contributed by atoms with E-state index in [-0.39, 0.29) is 6.42 Å². The van der Waals surface area contributed by atoms with Crippen LogP contribution in [0.25, 0.3) is 10.6 Å². The van der Waals surface area contributed by atoms with Gasteiger partial charge in [-0.1, -0.05) is 11.6 Å². The van der Waals surface area contributed by atoms with E-state index in [1.165, 1.54) is 11.3 Å². The molecule has 1 N–H and O–H groups in total. The fraction of sp³-hybridized carbons (Fsp3) is 0.200. The fourth-order valence-electron chi connectivity index (χ4n) is 1.36. The van der Waals surface area contributed by atoms with Gasteiger partial charge in [0.1, 0.15) is 17.9 Å². The molecule has 0 radical (unpaired) electrons. The van der Waals surface area contributed by atoms with Crippen molar-refractivity contribution in [3.05, 3.63) is 28.1 Å². The summed E-state index contributed by atoms with van der Waals surface area (Å²) in [6, 6.07) is 3.55. The van der Waals surface area contributed by atoms with Crippen LogP contribution >= 0.6 is 22.9 Å². The van der Waals surface area contributed by atoms with Crippen LogP contribution in [0.15, 0.2) is 16.5 Å². The Kier molecular flexibility index (Phi) is 2.98. The van der Waals surface area contributed by atoms with Crippen LogP contribution in [-0.2, 0) is 11.2 Å². The van der Waals surface area contributed by atoms with Gasteiger partial charge in [-0.25, -0.2) is 4.98 Å². The average molecular weight is 258 g/mol. The minimum atomic E-state index is -0.944. The van der Waals surface area contributed by atoms with Gasteiger partial charge in [0.05, 0.1) is 9.21 Å². The maximum Gasteiger partial charge on any atom is 0.311 e. The third kappa shape index (κ3) is 2.25. The molecule has 0 amide bonds. The first-order valence-electron chi connectivity index (χ1n) is 4.50. The fourth-order valence-corrected chi connectivity index (χ4v) is 2.41. The van der Waals surface area contributed by atoms with Crippen molar-refractivity contribution in [1.82, 2.24) is 4.98 Å². The monoisotopic (exact) mass is 257 g/mol. The molecule has 2 aromatic rings. The van der Waals surface area contributed by atoms with Crippen molar-refractivity contribution in [2.45, 2.75) is 13.3 Å². The van der Waals surface area contributed by atoms with Crippen LogP contribution in [0.1, 0.15) is 11.7 Å². The SMILES string of the molecule is Cc1nc(-c2ccc(Cl)s2)c(CC(=O)O)o1. The van der Waals surface area contributed by atoms with Crippen LogP contribution in [-0.4, -0.2) is 16.1 Å². The number of thiophene rings is 1. The quantitative estimate of drug-likeness (QED) is 0.918. The Labute approximate surface area is 100 Å². The standard InChI is InChI=1S/C10H8ClNO3S/c1-5-12-10(6(15-5)4-9(13)14)7-2-3-8(11)16-7/h2-3H,4H2,1H3,(H,13,14). The summed E-state index contributed by atoms with van der Waals surface area (Å²) in [6.45, 7) is 1.68. The highest BCUT2D eigenvalue weighted by Gasteiger charge is 2.17. The third-order valence-electron chi connectivity index (χ3n) is 1.92. The second-order valence-electron chi connectivity index (χ2n) is 3.18. The summed E-state index contributed by atoms with van der Waals surface area (Å²) < 4.78 is 5.90. The predicted molar refractivity (Wildman–Crippen MR) is 60.9 cm³/mol. The lowest BCUT2D eigenvalue weighted by molar-refractivity contribution is -0.136. The molecule has 0 saturated heterocycles. The summed E-state index contributed by atoms with van der Waals surface area (Å²) in [6.07, 6.45) is -0.175. The number of aliphatic carboxylic acids is 1. The number of carboxylic acids is 1. The Morgan fingerprint density at radius 2 is 2.38 bits per heavy atom. The Balaban J connectivity index is 2.43. The molecule has 0 aliphatic carbocycles. The molecule has 2 rings (SSSR count). The number of aryl methyl sites for hydroxylation is 1. The molecule has 0 saturated carbocycles. The van der Waals surface area contributed by atoms with Crippen LogP contribution in [0, 0.1) is 6.92 Å². The maximum atomic E-state index is 10.7. The Morgan fingerprint density at radius 1 is 1.62 bits per heavy atom. The van der Waals surface area contributed by atoms with Gasteiger partial charge in [-0.05, 0) is 12.1 Å². The molecule has 84 valence electrons. The molecule has 0 aliphatic heterocycles. The molecule has 2 aromatic heterocycles. The van der Waals surface area contributed by atoms with Crippen molar-refractivity contribution in [2.24, 2.45) is 0 Å². The summed E-state index contributed by atoms with van der Waals surface area (Å²) in [4.78, 5) is 15.6. The largest absolute Gasteiger partial charge is 0.481 e. The van der Waals surface area contributed by atoms with Crippen molar-refractivity contribution in [3.63, 3.8) is 0 Å². The second-order valence-corrected chi connectivity index (χ2v) is 4.89. The Bertz CT molecular complexity index is 532. The summed E-state index contributed by atoms with van der Waals surface area (Å²) in [5, 5.41) is 8.74. The van der Waals surface area contributed by atoms with Gasteiger partial charge in [-0.3, -0.25) is 4.79 Å². The molecule has 0 aliphatic rings. The molecule has 2 heterocycles. The normalized spacial score (nSPS) is 10.6. The highest BCUT2D eigenvalue weighted by molar-refractivity contribution is 7.19. The molecule has 0 fully saturated rings. The molecule has 0 atom stereocenters. The van der Waals surface area contributed by atoms with Gasteiger partial charge in [-0.2, -0.15) is 0 Å². The van der Waals surface area contributed by atoms with Gasteiger partial charge in [0.2, 0.25) is 0 Å². The molecule has 0 spiro atoms. The molecule has 4 nitrogen and oxygen atoms in total. The van der Waals surface area contributed by atoms with E-state index in [1.54, 1.807) is 19.1 Å². The molecule has 6 heteroatoms. The molecule has 0 aromatic carbocycles. The molecular weight excluding hydrogens is 250 g/mol. The number of aromatic nitrogens is 1. The predicted octanol–water partition coefficient (Wildman–Crippen LogP) is 2.99. The number of rotatable bonds is 3. The first-order valence-corrected chi connectivity index (χ1v) is 5.69. The van der Waals surface area contributed by atoms with Crippen LogP contribution in [0.3, 0.4) is 0 Å². The molecule has 0 unspecified atom stereocenters. The number of carboxylic acid groups (broad SMARTS) is 1. The minimum Gasteiger partial charge on any atom is -0.481 e. The average Bonchev–Trinajstić information content (AvgIpc) is 2.72. The maximum absolute atomic E-state index is 10.7. The van der Waals surface area contributed by atoms with E-state index >= 15 is 0 Å². The first kappa shape index (κ1) is 11.2. The lowest BCUT2D eigenvalue weighted by Gasteiger charge is -1.94. The first-order chi connectivity index (χ1) is 7.56. The van der Waals surface area contributed by atoms with Gasteiger partial charge in [0.25, 0.3) is 0 Å². The van der Waals surface area contributed by atoms with E-state index < -0.39 is 5.97 Å². The highest BCUT2D eigenvalue weighted by atomic mass is 35.5. The van der Waals surface area contributed by atoms with Crippen LogP contribution in [0.2, 0.25) is 4.34 Å². The van der Waals surface area contributed by atoms with Crippen molar-refractivity contribution in [3.8, 4) is 10.6 Å². The summed E-state index contributed by atoms with van der Waals surface area (Å²) in [5.74, 6) is -0.126. The molecule has 0 bridgehead atoms. The minimum absolute atomic E-state index is 0.175. The van der Waals surface area contributed by atoms with Crippen LogP contribution in [0.5, 0.6) is 0 Å². The van der Waals surface area contributed by atoms with E-state index in [0.29, 0.717) is 21.7 Å². The van der Waals surface area contributed by atoms with Crippen LogP contribution in [0.4, 0.5) is 0 Å². The number of carbonyl (C=O) groups is 1. The van der Waals surface area contributed by atoms with E-state index in [0.717, 1.165) is 4.88 Å². The summed E-state index contributed by atoms with van der Waals surface area (Å²) in [7, 11) is 0. The number of oxazole rings is 1. The van der Waals surface area contributed by atoms with Crippen LogP contribution < -0.4 is 0 Å². The van der Waals surface area contributed by atoms with Crippen molar-refractivity contribution in [2.75, 3.05) is 0 Å². The van der Waals surface area contributed by atoms with Crippen molar-refractivity contribution >= 4 is 28.9 Å². The van der Waals surface area contributed by atoms with Gasteiger partial charge in [-0.15, -0.1) is 11.3 Å². The highest BCUT2D eigenvalue weighted by Crippen LogP contribution is 2.33. The van der Waals surface area contributed by atoms with E-state index in [9.17, 15) is 4.79 Å². The lowest BCUT2D eigenvalue weighted by Crippen LogP contribution is -1.99. The number of halogens is 1. The number of hydrogen-bond donors (Lipinski definition) is 1. The van der Waals surface area contributed by atoms with E-state index in [1.807, 2.05) is 0 Å². The van der Waals surface area contributed by atoms with Gasteiger partial charge in [0, 0.05) is 6.92 Å². The van der Waals surface area contributed by atoms with E-state index in [2.05, 4.69) is 4.98 Å². The molecular formula is C10H8ClNO3S. The summed E-state index contributed by atoms with van der Waals surface area (Å²) in [5.41, 5.74) is 0.566. The summed E-state index contributed by atoms with van der Waals surface area (Å²) >= 11 is 7.16. The molecule has 16 heavy (non-hydrogen) atoms. The smallest absolute Gasteiger partial charge is 0.311 e. The van der Waals surface area contributed by atoms with Gasteiger partial charge < -0.3 is 9.52 Å².